The van der Waals surface area contributed by atoms with Gasteiger partial charge in [0.2, 0.25) is 0 Å². The molecule has 4 aromatic rings. The Morgan fingerprint density at radius 3 is 1.45 bits per heavy atom. The number of benzene rings is 2. The van der Waals surface area contributed by atoms with Crippen LogP contribution in [0.4, 0.5) is 0 Å². The summed E-state index contributed by atoms with van der Waals surface area (Å²) >= 11 is 0. The zero-order valence-corrected chi connectivity index (χ0v) is 10.2. The first kappa shape index (κ1) is 11.9. The van der Waals surface area contributed by atoms with E-state index in [9.17, 15) is 0 Å². The molecule has 100 valence electrons. The van der Waals surface area contributed by atoms with Crippen LogP contribution in [-0.4, -0.2) is 40.7 Å². The van der Waals surface area contributed by atoms with Crippen LogP contribution < -0.4 is 0 Å². The molecule has 0 amide bonds. The third-order valence-corrected chi connectivity index (χ3v) is 2.67. The third kappa shape index (κ3) is 2.09. The van der Waals surface area contributed by atoms with E-state index >= 15 is 0 Å². The average Bonchev–Trinajstić information content (AvgIpc) is 3.05. The van der Waals surface area contributed by atoms with Crippen molar-refractivity contribution in [3.8, 4) is 0 Å². The van der Waals surface area contributed by atoms with Gasteiger partial charge >= 0.3 is 0 Å². The molecule has 4 rings (SSSR count). The maximum atomic E-state index is 8.95. The summed E-state index contributed by atoms with van der Waals surface area (Å²) < 4.78 is 0. The molecule has 0 spiro atoms. The molecule has 0 radical (unpaired) electrons. The van der Waals surface area contributed by atoms with E-state index in [2.05, 4.69) is 20.6 Å². The first-order valence-electron chi connectivity index (χ1n) is 5.75. The molecule has 0 aliphatic rings. The Labute approximate surface area is 112 Å². The lowest BCUT2D eigenvalue weighted by atomic mass is 10.3. The number of hydrogen-bond acceptors (Lipinski definition) is 6. The van der Waals surface area contributed by atoms with Gasteiger partial charge in [-0.05, 0) is 34.7 Å². The van der Waals surface area contributed by atoms with Gasteiger partial charge < -0.3 is 10.4 Å². The summed E-state index contributed by atoms with van der Waals surface area (Å²) in [6.45, 7) is 0. The molecule has 0 saturated heterocycles. The largest absolute Gasteiger partial charge is 0.410 e. The first-order chi connectivity index (χ1) is 9.75. The quantitative estimate of drug-likeness (QED) is 0.467. The molecule has 0 aliphatic heterocycles. The summed E-state index contributed by atoms with van der Waals surface area (Å²) in [6, 6.07) is 14.4. The second-order valence-corrected chi connectivity index (χ2v) is 3.94. The standard InChI is InChI=1S/2C6H5N3O/c2*10-9-6-4-2-1-3-5(6)7-8-9/h2*1-4,10H. The van der Waals surface area contributed by atoms with Crippen molar-refractivity contribution in [3.05, 3.63) is 48.5 Å². The molecule has 2 N–H and O–H groups in total. The van der Waals surface area contributed by atoms with Crippen LogP contribution in [-0.2, 0) is 0 Å². The second kappa shape index (κ2) is 4.84. The topological polar surface area (TPSA) is 102 Å². The molecule has 8 heteroatoms. The molecular formula is C12H10N6O2. The van der Waals surface area contributed by atoms with Gasteiger partial charge in [-0.1, -0.05) is 34.0 Å². The lowest BCUT2D eigenvalue weighted by Crippen LogP contribution is -1.90. The van der Waals surface area contributed by atoms with Crippen LogP contribution in [0, 0.1) is 0 Å². The third-order valence-electron chi connectivity index (χ3n) is 2.67. The Kier molecular flexibility index (Phi) is 2.88. The Hall–Kier alpha value is -3.16. The van der Waals surface area contributed by atoms with E-state index in [1.165, 1.54) is 0 Å². The van der Waals surface area contributed by atoms with Crippen LogP contribution in [0.1, 0.15) is 0 Å². The molecule has 0 saturated carbocycles. The van der Waals surface area contributed by atoms with Gasteiger partial charge in [-0.25, -0.2) is 0 Å². The van der Waals surface area contributed by atoms with E-state index in [0.717, 1.165) is 9.69 Å². The molecule has 2 aromatic heterocycles. The number of nitrogens with zero attached hydrogens (tertiary/aromatic N) is 6. The summed E-state index contributed by atoms with van der Waals surface area (Å²) in [7, 11) is 0. The van der Waals surface area contributed by atoms with Crippen molar-refractivity contribution in [1.29, 1.82) is 0 Å². The molecule has 0 bridgehead atoms. The van der Waals surface area contributed by atoms with Crippen LogP contribution in [0.3, 0.4) is 0 Å². The van der Waals surface area contributed by atoms with E-state index in [1.807, 2.05) is 24.3 Å². The van der Waals surface area contributed by atoms with E-state index in [-0.39, 0.29) is 0 Å². The van der Waals surface area contributed by atoms with Crippen LogP contribution in [0.15, 0.2) is 48.5 Å². The van der Waals surface area contributed by atoms with Gasteiger partial charge in [0.1, 0.15) is 22.1 Å². The lowest BCUT2D eigenvalue weighted by Gasteiger charge is -1.85. The molecule has 8 nitrogen and oxygen atoms in total. The van der Waals surface area contributed by atoms with Gasteiger partial charge in [0, 0.05) is 0 Å². The number of rotatable bonds is 0. The zero-order chi connectivity index (χ0) is 13.9. The fourth-order valence-corrected chi connectivity index (χ4v) is 1.71. The molecule has 0 unspecified atom stereocenters. The minimum absolute atomic E-state index is 0.627. The number of fused-ring (bicyclic) bond motifs is 2. The summed E-state index contributed by atoms with van der Waals surface area (Å²) in [6.07, 6.45) is 0. The van der Waals surface area contributed by atoms with Gasteiger partial charge in [-0.2, -0.15) is 0 Å². The lowest BCUT2D eigenvalue weighted by molar-refractivity contribution is 0.154. The van der Waals surface area contributed by atoms with Crippen molar-refractivity contribution in [2.75, 3.05) is 0 Å². The molecular weight excluding hydrogens is 260 g/mol. The number of aromatic nitrogens is 6. The molecule has 0 aliphatic carbocycles. The minimum Gasteiger partial charge on any atom is -0.410 e. The molecule has 2 heterocycles. The van der Waals surface area contributed by atoms with Gasteiger partial charge in [-0.15, -0.1) is 10.2 Å². The summed E-state index contributed by atoms with van der Waals surface area (Å²) in [5.41, 5.74) is 2.65. The summed E-state index contributed by atoms with van der Waals surface area (Å²) in [5.74, 6) is 0. The Balaban J connectivity index is 0.000000121. The highest BCUT2D eigenvalue weighted by molar-refractivity contribution is 5.73. The fraction of sp³-hybridized carbons (Fsp3) is 0. The predicted octanol–water partition coefficient (Wildman–Crippen LogP) is 1.34. The number of para-hydroxylation sites is 2. The van der Waals surface area contributed by atoms with Crippen molar-refractivity contribution in [1.82, 2.24) is 30.3 Å². The molecule has 0 atom stereocenters. The molecule has 2 aromatic carbocycles. The Morgan fingerprint density at radius 2 is 1.05 bits per heavy atom. The smallest absolute Gasteiger partial charge is 0.130 e. The monoisotopic (exact) mass is 270 g/mol. The van der Waals surface area contributed by atoms with Crippen molar-refractivity contribution < 1.29 is 10.4 Å². The predicted molar refractivity (Wildman–Crippen MR) is 69.4 cm³/mol. The van der Waals surface area contributed by atoms with Gasteiger partial charge in [-0.3, -0.25) is 0 Å². The van der Waals surface area contributed by atoms with Gasteiger partial charge in [0.05, 0.1) is 0 Å². The highest BCUT2D eigenvalue weighted by atomic mass is 16.5. The highest BCUT2D eigenvalue weighted by Crippen LogP contribution is 2.07. The normalized spacial score (nSPS) is 10.4. The van der Waals surface area contributed by atoms with Crippen molar-refractivity contribution in [2.24, 2.45) is 0 Å². The van der Waals surface area contributed by atoms with Crippen molar-refractivity contribution >= 4 is 22.1 Å². The molecule has 20 heavy (non-hydrogen) atoms. The molecule has 0 fully saturated rings. The first-order valence-corrected chi connectivity index (χ1v) is 5.75. The number of hydrogen-bond donors (Lipinski definition) is 2. The van der Waals surface area contributed by atoms with E-state index < -0.39 is 0 Å². The van der Waals surface area contributed by atoms with E-state index in [1.54, 1.807) is 24.3 Å². The van der Waals surface area contributed by atoms with E-state index in [0.29, 0.717) is 22.1 Å². The van der Waals surface area contributed by atoms with Crippen LogP contribution in [0.25, 0.3) is 22.1 Å². The highest BCUT2D eigenvalue weighted by Gasteiger charge is 1.99. The van der Waals surface area contributed by atoms with Gasteiger partial charge in [0.15, 0.2) is 0 Å². The summed E-state index contributed by atoms with van der Waals surface area (Å²) in [5, 5.41) is 32.1. The summed E-state index contributed by atoms with van der Waals surface area (Å²) in [4.78, 5) is 1.52. The van der Waals surface area contributed by atoms with Crippen LogP contribution in [0.5, 0.6) is 0 Å². The second-order valence-electron chi connectivity index (χ2n) is 3.94. The SMILES string of the molecule is On1nnc2ccccc21.On1nnc2ccccc21. The Bertz CT molecular complexity index is 781. The van der Waals surface area contributed by atoms with Crippen LogP contribution in [0.2, 0.25) is 0 Å². The fourth-order valence-electron chi connectivity index (χ4n) is 1.71. The van der Waals surface area contributed by atoms with Crippen molar-refractivity contribution in [2.45, 2.75) is 0 Å². The van der Waals surface area contributed by atoms with Gasteiger partial charge in [0.25, 0.3) is 0 Å². The Morgan fingerprint density at radius 1 is 0.650 bits per heavy atom. The van der Waals surface area contributed by atoms with Crippen LogP contribution >= 0.6 is 0 Å². The minimum atomic E-state index is 0.627. The zero-order valence-electron chi connectivity index (χ0n) is 10.2. The maximum absolute atomic E-state index is 8.95. The average molecular weight is 270 g/mol. The van der Waals surface area contributed by atoms with Crippen molar-refractivity contribution in [3.63, 3.8) is 0 Å². The van der Waals surface area contributed by atoms with E-state index in [4.69, 9.17) is 10.4 Å². The maximum Gasteiger partial charge on any atom is 0.130 e.